The van der Waals surface area contributed by atoms with Crippen molar-refractivity contribution >= 4 is 11.8 Å². The van der Waals surface area contributed by atoms with E-state index in [0.717, 1.165) is 0 Å². The molecule has 0 saturated heterocycles. The van der Waals surface area contributed by atoms with Crippen LogP contribution in [-0.4, -0.2) is 21.0 Å². The van der Waals surface area contributed by atoms with Crippen molar-refractivity contribution in [1.29, 1.82) is 0 Å². The van der Waals surface area contributed by atoms with Crippen LogP contribution in [0.3, 0.4) is 0 Å². The smallest absolute Gasteiger partial charge is 0.354 e. The normalized spacial score (nSPS) is 10.4. The Morgan fingerprint density at radius 1 is 1.54 bits per heavy atom. The quantitative estimate of drug-likeness (QED) is 0.706. The molecule has 1 aromatic rings. The minimum atomic E-state index is -1.09. The molecule has 0 atom stereocenters. The van der Waals surface area contributed by atoms with Gasteiger partial charge in [-0.1, -0.05) is 13.8 Å². The van der Waals surface area contributed by atoms with E-state index in [0.29, 0.717) is 5.82 Å². The molecule has 1 rings (SSSR count). The highest BCUT2D eigenvalue weighted by Crippen LogP contribution is 2.11. The van der Waals surface area contributed by atoms with Gasteiger partial charge < -0.3 is 10.8 Å². The van der Waals surface area contributed by atoms with E-state index in [2.05, 4.69) is 9.97 Å². The van der Waals surface area contributed by atoms with Crippen LogP contribution in [-0.2, 0) is 0 Å². The van der Waals surface area contributed by atoms with Gasteiger partial charge in [-0.2, -0.15) is 0 Å². The van der Waals surface area contributed by atoms with Crippen molar-refractivity contribution in [1.82, 2.24) is 9.97 Å². The molecular formula is C8H11N3O2. The summed E-state index contributed by atoms with van der Waals surface area (Å²) in [6.07, 6.45) is 0. The molecule has 0 amide bonds. The van der Waals surface area contributed by atoms with Crippen molar-refractivity contribution in [3.05, 3.63) is 17.6 Å². The molecule has 0 aliphatic carbocycles. The first kappa shape index (κ1) is 9.44. The Kier molecular flexibility index (Phi) is 2.46. The zero-order valence-corrected chi connectivity index (χ0v) is 7.48. The number of aromatic nitrogens is 2. The van der Waals surface area contributed by atoms with Crippen LogP contribution in [0.5, 0.6) is 0 Å². The van der Waals surface area contributed by atoms with Crippen molar-refractivity contribution in [2.75, 3.05) is 5.73 Å². The van der Waals surface area contributed by atoms with E-state index in [9.17, 15) is 4.79 Å². The molecule has 0 saturated carbocycles. The molecule has 3 N–H and O–H groups in total. The van der Waals surface area contributed by atoms with Gasteiger partial charge in [-0.15, -0.1) is 0 Å². The largest absolute Gasteiger partial charge is 0.477 e. The van der Waals surface area contributed by atoms with Crippen LogP contribution in [0.15, 0.2) is 6.07 Å². The fourth-order valence-corrected chi connectivity index (χ4v) is 0.853. The average Bonchev–Trinajstić information content (AvgIpc) is 2.03. The van der Waals surface area contributed by atoms with E-state index < -0.39 is 5.97 Å². The Bertz CT molecular complexity index is 336. The zero-order chi connectivity index (χ0) is 10.0. The van der Waals surface area contributed by atoms with Gasteiger partial charge in [0.05, 0.1) is 0 Å². The molecular weight excluding hydrogens is 170 g/mol. The first-order valence-corrected chi connectivity index (χ1v) is 3.88. The molecule has 0 bridgehead atoms. The lowest BCUT2D eigenvalue weighted by molar-refractivity contribution is 0.0690. The lowest BCUT2D eigenvalue weighted by Crippen LogP contribution is -2.08. The summed E-state index contributed by atoms with van der Waals surface area (Å²) in [5.74, 6) is -0.369. The van der Waals surface area contributed by atoms with E-state index in [1.165, 1.54) is 6.07 Å². The Morgan fingerprint density at radius 3 is 2.62 bits per heavy atom. The fourth-order valence-electron chi connectivity index (χ4n) is 0.853. The summed E-state index contributed by atoms with van der Waals surface area (Å²) in [5.41, 5.74) is 5.36. The van der Waals surface area contributed by atoms with Crippen molar-refractivity contribution in [3.63, 3.8) is 0 Å². The number of aromatic carboxylic acids is 1. The van der Waals surface area contributed by atoms with Crippen LogP contribution in [0.4, 0.5) is 5.82 Å². The van der Waals surface area contributed by atoms with Gasteiger partial charge >= 0.3 is 5.97 Å². The number of anilines is 1. The zero-order valence-electron chi connectivity index (χ0n) is 7.48. The predicted molar refractivity (Wildman–Crippen MR) is 47.5 cm³/mol. The molecule has 0 aromatic carbocycles. The minimum absolute atomic E-state index is 0.0591. The standard InChI is InChI=1S/C8H11N3O2/c1-4(2)7-10-5(8(12)13)3-6(9)11-7/h3-4H,1-2H3,(H,12,13)(H2,9,10,11). The Labute approximate surface area is 75.6 Å². The Balaban J connectivity index is 3.19. The number of carbonyl (C=O) groups is 1. The van der Waals surface area contributed by atoms with Crippen molar-refractivity contribution in [2.45, 2.75) is 19.8 Å². The monoisotopic (exact) mass is 181 g/mol. The summed E-state index contributed by atoms with van der Waals surface area (Å²) in [5, 5.41) is 8.67. The molecule has 0 unspecified atom stereocenters. The first-order valence-electron chi connectivity index (χ1n) is 3.88. The number of rotatable bonds is 2. The molecule has 1 aromatic heterocycles. The van der Waals surface area contributed by atoms with Gasteiger partial charge in [-0.25, -0.2) is 14.8 Å². The highest BCUT2D eigenvalue weighted by molar-refractivity contribution is 5.86. The third-order valence-corrected chi connectivity index (χ3v) is 1.50. The van der Waals surface area contributed by atoms with Crippen molar-refractivity contribution in [2.24, 2.45) is 0 Å². The predicted octanol–water partition coefficient (Wildman–Crippen LogP) is 0.880. The topological polar surface area (TPSA) is 89.1 Å². The first-order chi connectivity index (χ1) is 6.00. The van der Waals surface area contributed by atoms with Gasteiger partial charge in [0.1, 0.15) is 11.6 Å². The number of nitrogens with zero attached hydrogens (tertiary/aromatic N) is 2. The van der Waals surface area contributed by atoms with Crippen molar-refractivity contribution in [3.8, 4) is 0 Å². The molecule has 5 heteroatoms. The van der Waals surface area contributed by atoms with E-state index in [4.69, 9.17) is 10.8 Å². The molecule has 13 heavy (non-hydrogen) atoms. The summed E-state index contributed by atoms with van der Waals surface area (Å²) in [6.45, 7) is 3.75. The number of nitrogens with two attached hydrogens (primary N) is 1. The Morgan fingerprint density at radius 2 is 2.15 bits per heavy atom. The van der Waals surface area contributed by atoms with Crippen LogP contribution < -0.4 is 5.73 Å². The Hall–Kier alpha value is -1.65. The second-order valence-corrected chi connectivity index (χ2v) is 3.00. The van der Waals surface area contributed by atoms with Crippen molar-refractivity contribution < 1.29 is 9.90 Å². The van der Waals surface area contributed by atoms with Crippen LogP contribution in [0.1, 0.15) is 36.1 Å². The van der Waals surface area contributed by atoms with E-state index in [-0.39, 0.29) is 17.4 Å². The number of hydrogen-bond acceptors (Lipinski definition) is 4. The summed E-state index contributed by atoms with van der Waals surface area (Å²) < 4.78 is 0. The van der Waals surface area contributed by atoms with Gasteiger partial charge in [0.15, 0.2) is 5.69 Å². The molecule has 0 fully saturated rings. The highest BCUT2D eigenvalue weighted by Gasteiger charge is 2.10. The number of hydrogen-bond donors (Lipinski definition) is 2. The lowest BCUT2D eigenvalue weighted by Gasteiger charge is -2.04. The molecule has 0 aliphatic heterocycles. The maximum Gasteiger partial charge on any atom is 0.354 e. The maximum atomic E-state index is 10.6. The summed E-state index contributed by atoms with van der Waals surface area (Å²) in [4.78, 5) is 18.3. The van der Waals surface area contributed by atoms with Crippen LogP contribution >= 0.6 is 0 Å². The van der Waals surface area contributed by atoms with E-state index in [1.54, 1.807) is 0 Å². The van der Waals surface area contributed by atoms with Gasteiger partial charge in [-0.3, -0.25) is 0 Å². The summed E-state index contributed by atoms with van der Waals surface area (Å²) >= 11 is 0. The highest BCUT2D eigenvalue weighted by atomic mass is 16.4. The van der Waals surface area contributed by atoms with Crippen LogP contribution in [0.2, 0.25) is 0 Å². The molecule has 1 heterocycles. The third kappa shape index (κ3) is 2.14. The van der Waals surface area contributed by atoms with Gasteiger partial charge in [0.2, 0.25) is 0 Å². The molecule has 70 valence electrons. The second-order valence-electron chi connectivity index (χ2n) is 3.00. The lowest BCUT2D eigenvalue weighted by atomic mass is 10.2. The maximum absolute atomic E-state index is 10.6. The fraction of sp³-hybridized carbons (Fsp3) is 0.375. The second kappa shape index (κ2) is 3.38. The van der Waals surface area contributed by atoms with E-state index >= 15 is 0 Å². The van der Waals surface area contributed by atoms with E-state index in [1.807, 2.05) is 13.8 Å². The number of nitrogen functional groups attached to an aromatic ring is 1. The molecule has 0 spiro atoms. The van der Waals surface area contributed by atoms with Gasteiger partial charge in [0.25, 0.3) is 0 Å². The van der Waals surface area contributed by atoms with Gasteiger partial charge in [-0.05, 0) is 0 Å². The van der Waals surface area contributed by atoms with Gasteiger partial charge in [0, 0.05) is 12.0 Å². The molecule has 0 aliphatic rings. The number of carboxylic acids is 1. The summed E-state index contributed by atoms with van der Waals surface area (Å²) in [7, 11) is 0. The molecule has 0 radical (unpaired) electrons. The average molecular weight is 181 g/mol. The minimum Gasteiger partial charge on any atom is -0.477 e. The van der Waals surface area contributed by atoms with Crippen LogP contribution in [0.25, 0.3) is 0 Å². The third-order valence-electron chi connectivity index (χ3n) is 1.50. The summed E-state index contributed by atoms with van der Waals surface area (Å²) in [6, 6.07) is 1.24. The SMILES string of the molecule is CC(C)c1nc(N)cc(C(=O)O)n1. The number of carboxylic acid groups (broad SMARTS) is 1. The molecule has 5 nitrogen and oxygen atoms in total. The van der Waals surface area contributed by atoms with Crippen LogP contribution in [0, 0.1) is 0 Å².